The number of likely N-dealkylation sites (N-methyl/N-ethyl adjacent to an activating group) is 1. The number of amides is 5. The molecule has 6 fully saturated rings. The van der Waals surface area contributed by atoms with Crippen LogP contribution < -0.4 is 21.3 Å². The van der Waals surface area contributed by atoms with E-state index in [1.54, 1.807) is 4.90 Å². The van der Waals surface area contributed by atoms with E-state index in [4.69, 9.17) is 0 Å². The Labute approximate surface area is 322 Å². The molecule has 0 aromatic carbocycles. The molecule has 2 aliphatic heterocycles. The summed E-state index contributed by atoms with van der Waals surface area (Å²) in [5, 5.41) is 12.0. The van der Waals surface area contributed by atoms with E-state index in [2.05, 4.69) is 40.0 Å². The number of fused-ring (bicyclic) bond motifs is 1. The zero-order chi connectivity index (χ0) is 39.2. The molecule has 54 heavy (non-hydrogen) atoms. The molecule has 2 heterocycles. The summed E-state index contributed by atoms with van der Waals surface area (Å²) in [5.74, 6) is -2.59. The van der Waals surface area contributed by atoms with Gasteiger partial charge in [-0.3, -0.25) is 33.7 Å². The van der Waals surface area contributed by atoms with Crippen LogP contribution in [0.25, 0.3) is 0 Å². The molecule has 5 amide bonds. The molecule has 6 atom stereocenters. The van der Waals surface area contributed by atoms with E-state index in [0.29, 0.717) is 25.8 Å². The van der Waals surface area contributed by atoms with Crippen LogP contribution in [0.1, 0.15) is 144 Å². The van der Waals surface area contributed by atoms with E-state index in [-0.39, 0.29) is 52.0 Å². The standard InChI is InChI=1S/C42H68N6O6/c1-8-15-28(32(49)37(53)43-27-19-20-27)44-35(51)30-24-42(40(5,6)41(42)21-14-22-41)25-48(30)38(54)33(39(2,3)4)46-36(52)31(26-16-10-9-11-17-26)45-34(50)29-18-12-13-23-47(29)7/h26-31,33H,8-25H2,1-7H3,(H,43,53)(H,44,51)(H,45,50)(H,46,52)/t28-,29+,30-,31-,33+,42+/m0/s1. The highest BCUT2D eigenvalue weighted by Gasteiger charge is 2.85. The SMILES string of the molecule is CCC[C@H](NC(=O)[C@@H]1C[C@@]2(CN1C(=O)[C@@H](NC(=O)[C@@H](NC(=O)[C@H]1CCCCN1C)C1CCCCC1)C(C)(C)C)C(C)(C)C21CCC1)C(=O)C(=O)NC1CC1. The zero-order valence-corrected chi connectivity index (χ0v) is 34.1. The molecule has 2 spiro atoms. The lowest BCUT2D eigenvalue weighted by Crippen LogP contribution is -2.63. The Morgan fingerprint density at radius 3 is 1.98 bits per heavy atom. The summed E-state index contributed by atoms with van der Waals surface area (Å²) in [6, 6.07) is -3.84. The summed E-state index contributed by atoms with van der Waals surface area (Å²) < 4.78 is 0. The molecule has 4 aliphatic carbocycles. The summed E-state index contributed by atoms with van der Waals surface area (Å²) in [4.78, 5) is 87.6. The average molecular weight is 753 g/mol. The second-order valence-electron chi connectivity index (χ2n) is 19.5. The number of hydrogen-bond donors (Lipinski definition) is 4. The molecule has 0 aromatic heterocycles. The maximum absolute atomic E-state index is 15.1. The second-order valence-corrected chi connectivity index (χ2v) is 19.5. The van der Waals surface area contributed by atoms with Crippen molar-refractivity contribution in [1.82, 2.24) is 31.1 Å². The third-order valence-corrected chi connectivity index (χ3v) is 14.9. The summed E-state index contributed by atoms with van der Waals surface area (Å²) >= 11 is 0. The molecule has 0 aromatic rings. The highest BCUT2D eigenvalue weighted by atomic mass is 16.2. The van der Waals surface area contributed by atoms with E-state index in [1.807, 2.05) is 34.7 Å². The van der Waals surface area contributed by atoms with Crippen LogP contribution in [-0.2, 0) is 28.8 Å². The number of nitrogens with one attached hydrogen (secondary N) is 4. The van der Waals surface area contributed by atoms with Gasteiger partial charge in [0, 0.05) is 18.0 Å². The third-order valence-electron chi connectivity index (χ3n) is 14.9. The first-order valence-electron chi connectivity index (χ1n) is 21.2. The van der Waals surface area contributed by atoms with Crippen LogP contribution in [0.3, 0.4) is 0 Å². The summed E-state index contributed by atoms with van der Waals surface area (Å²) in [7, 11) is 1.96. The minimum atomic E-state index is -0.985. The van der Waals surface area contributed by atoms with Crippen LogP contribution in [-0.4, -0.2) is 102 Å². The van der Waals surface area contributed by atoms with Gasteiger partial charge in [0.15, 0.2) is 0 Å². The molecule has 0 bridgehead atoms. The molecule has 4 N–H and O–H groups in total. The van der Waals surface area contributed by atoms with Crippen LogP contribution in [0.5, 0.6) is 0 Å². The van der Waals surface area contributed by atoms with Gasteiger partial charge in [0.25, 0.3) is 5.91 Å². The number of carbonyl (C=O) groups is 6. The van der Waals surface area contributed by atoms with Crippen molar-refractivity contribution in [3.8, 4) is 0 Å². The van der Waals surface area contributed by atoms with Crippen molar-refractivity contribution in [3.05, 3.63) is 0 Å². The fourth-order valence-corrected chi connectivity index (χ4v) is 11.1. The highest BCUT2D eigenvalue weighted by molar-refractivity contribution is 6.38. The molecular formula is C42H68N6O6. The van der Waals surface area contributed by atoms with Crippen molar-refractivity contribution in [1.29, 1.82) is 0 Å². The van der Waals surface area contributed by atoms with Gasteiger partial charge in [-0.25, -0.2) is 0 Å². The fraction of sp³-hybridized carbons (Fsp3) is 0.857. The third kappa shape index (κ3) is 7.46. The number of piperidine rings is 1. The first-order chi connectivity index (χ1) is 25.5. The number of carbonyl (C=O) groups excluding carboxylic acids is 6. The normalized spacial score (nSPS) is 29.4. The summed E-state index contributed by atoms with van der Waals surface area (Å²) in [6.45, 7) is 13.4. The lowest BCUT2D eigenvalue weighted by molar-refractivity contribution is -0.145. The van der Waals surface area contributed by atoms with Crippen LogP contribution in [0.4, 0.5) is 0 Å². The minimum Gasteiger partial charge on any atom is -0.347 e. The van der Waals surface area contributed by atoms with Crippen LogP contribution >= 0.6 is 0 Å². The monoisotopic (exact) mass is 753 g/mol. The van der Waals surface area contributed by atoms with Gasteiger partial charge in [0.05, 0.1) is 12.1 Å². The first-order valence-corrected chi connectivity index (χ1v) is 21.2. The Balaban J connectivity index is 1.25. The van der Waals surface area contributed by atoms with E-state index in [0.717, 1.165) is 90.0 Å². The van der Waals surface area contributed by atoms with Crippen molar-refractivity contribution >= 4 is 35.3 Å². The topological polar surface area (TPSA) is 157 Å². The minimum absolute atomic E-state index is 0.0159. The molecule has 0 unspecified atom stereocenters. The zero-order valence-electron chi connectivity index (χ0n) is 34.1. The van der Waals surface area contributed by atoms with Gasteiger partial charge in [-0.1, -0.05) is 80.1 Å². The predicted molar refractivity (Wildman–Crippen MR) is 206 cm³/mol. The van der Waals surface area contributed by atoms with Gasteiger partial charge in [0.1, 0.15) is 18.1 Å². The Morgan fingerprint density at radius 1 is 0.778 bits per heavy atom. The van der Waals surface area contributed by atoms with E-state index in [9.17, 15) is 24.0 Å². The van der Waals surface area contributed by atoms with E-state index < -0.39 is 47.2 Å². The van der Waals surface area contributed by atoms with Crippen molar-refractivity contribution in [3.63, 3.8) is 0 Å². The largest absolute Gasteiger partial charge is 0.347 e. The number of ketones is 1. The van der Waals surface area contributed by atoms with Gasteiger partial charge in [-0.05, 0) is 100.0 Å². The fourth-order valence-electron chi connectivity index (χ4n) is 11.1. The maximum atomic E-state index is 15.1. The molecule has 0 radical (unpaired) electrons. The molecule has 12 nitrogen and oxygen atoms in total. The number of nitrogens with zero attached hydrogens (tertiary/aromatic N) is 2. The highest BCUT2D eigenvalue weighted by Crippen LogP contribution is 2.88. The second kappa shape index (κ2) is 15.5. The van der Waals surface area contributed by atoms with Crippen molar-refractivity contribution < 1.29 is 28.8 Å². The quantitative estimate of drug-likeness (QED) is 0.207. The Bertz CT molecular complexity index is 1480. The molecule has 12 heteroatoms. The number of Topliss-reactive ketones (excluding diaryl/α,β-unsaturated/α-hetero) is 1. The Morgan fingerprint density at radius 2 is 1.43 bits per heavy atom. The van der Waals surface area contributed by atoms with E-state index in [1.165, 1.54) is 0 Å². The number of likely N-dealkylation sites (tertiary alicyclic amines) is 2. The molecule has 4 saturated carbocycles. The molecule has 302 valence electrons. The lowest BCUT2D eigenvalue weighted by atomic mass is 9.73. The number of rotatable bonds is 13. The number of hydrogen-bond acceptors (Lipinski definition) is 7. The van der Waals surface area contributed by atoms with Gasteiger partial charge in [0.2, 0.25) is 29.4 Å². The Hall–Kier alpha value is -3.02. The predicted octanol–water partition coefficient (Wildman–Crippen LogP) is 4.00. The van der Waals surface area contributed by atoms with Gasteiger partial charge < -0.3 is 26.2 Å². The molecule has 2 saturated heterocycles. The smallest absolute Gasteiger partial charge is 0.289 e. The maximum Gasteiger partial charge on any atom is 0.289 e. The van der Waals surface area contributed by atoms with Gasteiger partial charge in [-0.2, -0.15) is 0 Å². The summed E-state index contributed by atoms with van der Waals surface area (Å²) in [6.07, 6.45) is 13.8. The van der Waals surface area contributed by atoms with Crippen LogP contribution in [0, 0.1) is 27.6 Å². The summed E-state index contributed by atoms with van der Waals surface area (Å²) in [5.41, 5.74) is -1.03. The lowest BCUT2D eigenvalue weighted by Gasteiger charge is -2.38. The Kier molecular flexibility index (Phi) is 11.7. The van der Waals surface area contributed by atoms with Crippen LogP contribution in [0.2, 0.25) is 0 Å². The molecular weight excluding hydrogens is 684 g/mol. The van der Waals surface area contributed by atoms with Crippen molar-refractivity contribution in [2.24, 2.45) is 27.6 Å². The first kappa shape index (κ1) is 40.6. The molecule has 6 aliphatic rings. The van der Waals surface area contributed by atoms with Crippen LogP contribution in [0.15, 0.2) is 0 Å². The van der Waals surface area contributed by atoms with E-state index >= 15 is 4.79 Å². The van der Waals surface area contributed by atoms with Crippen molar-refractivity contribution in [2.75, 3.05) is 20.1 Å². The van der Waals surface area contributed by atoms with Gasteiger partial charge in [-0.15, -0.1) is 0 Å². The molecule has 6 rings (SSSR count). The van der Waals surface area contributed by atoms with Gasteiger partial charge >= 0.3 is 0 Å². The average Bonchev–Trinajstić information content (AvgIpc) is 3.93. The van der Waals surface area contributed by atoms with Crippen molar-refractivity contribution in [2.45, 2.75) is 181 Å².